The van der Waals surface area contributed by atoms with Crippen molar-refractivity contribution in [1.29, 1.82) is 0 Å². The summed E-state index contributed by atoms with van der Waals surface area (Å²) >= 11 is 1.46. The Morgan fingerprint density at radius 1 is 1.31 bits per heavy atom. The number of fused-ring (bicyclic) bond motifs is 1. The molecule has 9 heteroatoms. The first-order valence-corrected chi connectivity index (χ1v) is 11.4. The highest BCUT2D eigenvalue weighted by atomic mass is 32.1. The number of hydrogen-bond acceptors (Lipinski definition) is 7. The van der Waals surface area contributed by atoms with Gasteiger partial charge in [0.25, 0.3) is 0 Å². The number of carbonyl (C=O) groups excluding carboxylic acids is 2. The molecule has 2 amide bonds. The van der Waals surface area contributed by atoms with Crippen molar-refractivity contribution in [3.8, 4) is 0 Å². The molecule has 168 valence electrons. The largest absolute Gasteiger partial charge is 0.446 e. The summed E-state index contributed by atoms with van der Waals surface area (Å²) in [6.07, 6.45) is 3.13. The van der Waals surface area contributed by atoms with Crippen LogP contribution in [0.4, 0.5) is 15.5 Å². The van der Waals surface area contributed by atoms with Gasteiger partial charge in [-0.05, 0) is 29.9 Å². The minimum absolute atomic E-state index is 0.0637. The van der Waals surface area contributed by atoms with Gasteiger partial charge in [0, 0.05) is 23.8 Å². The molecule has 2 heterocycles. The lowest BCUT2D eigenvalue weighted by atomic mass is 9.95. The molecule has 3 aromatic rings. The molecule has 0 aliphatic heterocycles. The second-order valence-corrected chi connectivity index (χ2v) is 9.02. The quantitative estimate of drug-likeness (QED) is 0.491. The minimum atomic E-state index is -0.497. The van der Waals surface area contributed by atoms with Crippen molar-refractivity contribution in [2.75, 3.05) is 11.1 Å². The van der Waals surface area contributed by atoms with Crippen LogP contribution in [0.15, 0.2) is 47.1 Å². The van der Waals surface area contributed by atoms with Crippen LogP contribution in [0, 0.1) is 0 Å². The number of benzene rings is 1. The number of thiophene rings is 1. The Bertz CT molecular complexity index is 1070. The third-order valence-electron chi connectivity index (χ3n) is 5.55. The van der Waals surface area contributed by atoms with Gasteiger partial charge in [-0.15, -0.1) is 11.3 Å². The number of nitrogens with two attached hydrogens (primary N) is 1. The van der Waals surface area contributed by atoms with Crippen LogP contribution in [0.2, 0.25) is 0 Å². The molecule has 0 bridgehead atoms. The summed E-state index contributed by atoms with van der Waals surface area (Å²) in [5, 5.41) is 9.91. The highest BCUT2D eigenvalue weighted by Gasteiger charge is 2.27. The van der Waals surface area contributed by atoms with E-state index in [-0.39, 0.29) is 24.5 Å². The number of amides is 2. The number of aromatic nitrogens is 1. The van der Waals surface area contributed by atoms with E-state index in [4.69, 9.17) is 15.0 Å². The van der Waals surface area contributed by atoms with Gasteiger partial charge in [0.15, 0.2) is 5.76 Å². The molecule has 0 saturated carbocycles. The molecule has 4 N–H and O–H groups in total. The smallest absolute Gasteiger partial charge is 0.407 e. The highest BCUT2D eigenvalue weighted by molar-refractivity contribution is 7.17. The predicted octanol–water partition coefficient (Wildman–Crippen LogP) is 4.23. The summed E-state index contributed by atoms with van der Waals surface area (Å²) in [7, 11) is 0. The Labute approximate surface area is 190 Å². The van der Waals surface area contributed by atoms with Crippen molar-refractivity contribution in [3.63, 3.8) is 0 Å². The Hall–Kier alpha value is -3.33. The number of ether oxygens (including phenoxy) is 1. The summed E-state index contributed by atoms with van der Waals surface area (Å²) < 4.78 is 10.5. The number of alkyl carbamates (subject to hydrolysis) is 1. The summed E-state index contributed by atoms with van der Waals surface area (Å²) in [5.74, 6) is 0.604. The van der Waals surface area contributed by atoms with Crippen LogP contribution < -0.4 is 16.4 Å². The van der Waals surface area contributed by atoms with E-state index in [1.54, 1.807) is 6.07 Å². The number of anilines is 2. The summed E-state index contributed by atoms with van der Waals surface area (Å²) in [6, 6.07) is 11.6. The fourth-order valence-electron chi connectivity index (χ4n) is 3.81. The van der Waals surface area contributed by atoms with Gasteiger partial charge < -0.3 is 25.6 Å². The Balaban J connectivity index is 1.31. The van der Waals surface area contributed by atoms with E-state index < -0.39 is 6.09 Å². The van der Waals surface area contributed by atoms with Crippen LogP contribution in [-0.2, 0) is 28.9 Å². The maximum atomic E-state index is 12.6. The summed E-state index contributed by atoms with van der Waals surface area (Å²) in [6.45, 7) is 2.26. The number of nitrogens with zero attached hydrogens (tertiary/aromatic N) is 1. The zero-order valence-corrected chi connectivity index (χ0v) is 18.6. The van der Waals surface area contributed by atoms with Crippen LogP contribution in [-0.4, -0.2) is 23.3 Å². The zero-order valence-electron chi connectivity index (χ0n) is 17.8. The van der Waals surface area contributed by atoms with Crippen LogP contribution >= 0.6 is 11.3 Å². The average Bonchev–Trinajstić information content (AvgIpc) is 3.41. The topological polar surface area (TPSA) is 119 Å². The highest BCUT2D eigenvalue weighted by Crippen LogP contribution is 2.41. The lowest BCUT2D eigenvalue weighted by molar-refractivity contribution is -0.116. The van der Waals surface area contributed by atoms with Crippen LogP contribution in [0.3, 0.4) is 0 Å². The first kappa shape index (κ1) is 21.9. The Kier molecular flexibility index (Phi) is 6.75. The van der Waals surface area contributed by atoms with Crippen molar-refractivity contribution < 1.29 is 18.8 Å². The monoisotopic (exact) mass is 454 g/mol. The third-order valence-corrected chi connectivity index (χ3v) is 6.73. The zero-order chi connectivity index (χ0) is 22.5. The molecule has 1 aliphatic rings. The second-order valence-electron chi connectivity index (χ2n) is 7.91. The first-order valence-electron chi connectivity index (χ1n) is 10.6. The third kappa shape index (κ3) is 5.28. The maximum absolute atomic E-state index is 12.6. The molecule has 2 unspecified atom stereocenters. The van der Waals surface area contributed by atoms with Gasteiger partial charge in [-0.25, -0.2) is 4.79 Å². The number of hydrogen-bond donors (Lipinski definition) is 3. The number of carbonyl (C=O) groups is 2. The van der Waals surface area contributed by atoms with Gasteiger partial charge >= 0.3 is 6.09 Å². The van der Waals surface area contributed by atoms with E-state index in [0.29, 0.717) is 42.1 Å². The van der Waals surface area contributed by atoms with Gasteiger partial charge in [0.1, 0.15) is 11.1 Å². The van der Waals surface area contributed by atoms with Gasteiger partial charge in [-0.3, -0.25) is 4.79 Å². The van der Waals surface area contributed by atoms with E-state index in [2.05, 4.69) is 15.8 Å². The van der Waals surface area contributed by atoms with E-state index in [1.807, 2.05) is 37.3 Å². The molecular formula is C23H26N4O4S. The molecule has 1 aromatic carbocycles. The predicted molar refractivity (Wildman–Crippen MR) is 122 cm³/mol. The average molecular weight is 455 g/mol. The van der Waals surface area contributed by atoms with Gasteiger partial charge in [-0.1, -0.05) is 42.4 Å². The van der Waals surface area contributed by atoms with Crippen LogP contribution in [0.5, 0.6) is 0 Å². The van der Waals surface area contributed by atoms with Crippen molar-refractivity contribution in [1.82, 2.24) is 10.5 Å². The Morgan fingerprint density at radius 3 is 2.88 bits per heavy atom. The van der Waals surface area contributed by atoms with Crippen LogP contribution in [0.25, 0.3) is 0 Å². The lowest BCUT2D eigenvalue weighted by Gasteiger charge is -2.22. The minimum Gasteiger partial charge on any atom is -0.446 e. The maximum Gasteiger partial charge on any atom is 0.407 e. The molecule has 0 saturated heterocycles. The SMILES string of the molecule is CC(CC(=O)Nc1sc2c(c1N)CCC(OC(=O)NCc1ccno1)C2)c1ccccc1. The van der Waals surface area contributed by atoms with Crippen molar-refractivity contribution in [3.05, 3.63) is 64.4 Å². The van der Waals surface area contributed by atoms with E-state index in [0.717, 1.165) is 16.0 Å². The molecule has 0 fully saturated rings. The Morgan fingerprint density at radius 2 is 2.12 bits per heavy atom. The molecule has 4 rings (SSSR count). The number of nitrogen functional groups attached to an aromatic ring is 1. The summed E-state index contributed by atoms with van der Waals surface area (Å²) in [5.41, 5.74) is 9.12. The number of rotatable bonds is 7. The van der Waals surface area contributed by atoms with Crippen LogP contribution in [0.1, 0.15) is 47.4 Å². The fraction of sp³-hybridized carbons (Fsp3) is 0.348. The number of nitrogens with one attached hydrogen (secondary N) is 2. The standard InChI is InChI=1S/C23H26N4O4S/c1-14(15-5-3-2-4-6-15)11-20(28)27-22-21(24)18-8-7-16(12-19(18)32-22)30-23(29)25-13-17-9-10-26-31-17/h2-6,9-10,14,16H,7-8,11-13,24H2,1H3,(H,25,29)(H,27,28). The normalized spacial score (nSPS) is 16.1. The van der Waals surface area contributed by atoms with E-state index in [9.17, 15) is 9.59 Å². The van der Waals surface area contributed by atoms with Crippen molar-refractivity contribution in [2.45, 2.75) is 51.2 Å². The van der Waals surface area contributed by atoms with E-state index >= 15 is 0 Å². The fourth-order valence-corrected chi connectivity index (χ4v) is 5.06. The molecule has 32 heavy (non-hydrogen) atoms. The van der Waals surface area contributed by atoms with Crippen molar-refractivity contribution in [2.24, 2.45) is 0 Å². The molecule has 1 aliphatic carbocycles. The van der Waals surface area contributed by atoms with Gasteiger partial charge in [-0.2, -0.15) is 0 Å². The first-order chi connectivity index (χ1) is 15.5. The molecule has 0 spiro atoms. The molecule has 8 nitrogen and oxygen atoms in total. The molecular weight excluding hydrogens is 428 g/mol. The van der Waals surface area contributed by atoms with Crippen molar-refractivity contribution >= 4 is 34.0 Å². The molecule has 2 aromatic heterocycles. The summed E-state index contributed by atoms with van der Waals surface area (Å²) in [4.78, 5) is 25.7. The lowest BCUT2D eigenvalue weighted by Crippen LogP contribution is -2.31. The molecule has 2 atom stereocenters. The molecule has 0 radical (unpaired) electrons. The van der Waals surface area contributed by atoms with E-state index in [1.165, 1.54) is 17.5 Å². The second kappa shape index (κ2) is 9.86. The van der Waals surface area contributed by atoms with Gasteiger partial charge in [0.05, 0.1) is 18.4 Å². The van der Waals surface area contributed by atoms with Gasteiger partial charge in [0.2, 0.25) is 5.91 Å².